The Labute approximate surface area is 181 Å². The third-order valence-corrected chi connectivity index (χ3v) is 6.56. The molecule has 0 heterocycles. The molecule has 29 heavy (non-hydrogen) atoms. The number of carbonyl (C=O) groups is 2. The summed E-state index contributed by atoms with van der Waals surface area (Å²) in [6.07, 6.45) is 3.23. The molecule has 10 heteroatoms. The van der Waals surface area contributed by atoms with Crippen molar-refractivity contribution in [1.29, 1.82) is 0 Å². The summed E-state index contributed by atoms with van der Waals surface area (Å²) in [5.41, 5.74) is 0.756. The number of benzene rings is 1. The van der Waals surface area contributed by atoms with Crippen LogP contribution in [0.2, 0.25) is 0 Å². The second-order valence-corrected chi connectivity index (χ2v) is 9.77. The number of ether oxygens (including phenoxy) is 1. The Morgan fingerprint density at radius 2 is 1.97 bits per heavy atom. The number of hydrogen-bond donors (Lipinski definition) is 1. The number of esters is 1. The number of hydrogen-bond acceptors (Lipinski definition) is 5. The van der Waals surface area contributed by atoms with Gasteiger partial charge in [-0.1, -0.05) is 24.8 Å². The molecule has 0 fully saturated rings. The molecule has 1 N–H and O–H groups in total. The molecule has 1 aromatic carbocycles. The standard InChI is InChI=1S/C19H27Cl2N2O5P/c1-4-13-27-19(25)18(22-15(2)24)14-16-7-9-17(10-8-16)28-29(21,26)23(3)12-6-5-11-20/h4,7-10,18H,1,5-6,11-14H2,2-3H3,(H,22,24)/t18-,29?/m0/s1. The molecule has 2 atom stereocenters. The van der Waals surface area contributed by atoms with E-state index in [0.29, 0.717) is 18.2 Å². The zero-order chi connectivity index (χ0) is 21.9. The summed E-state index contributed by atoms with van der Waals surface area (Å²) in [4.78, 5) is 23.5. The molecule has 7 nitrogen and oxygen atoms in total. The predicted octanol–water partition coefficient (Wildman–Crippen LogP) is 4.14. The second-order valence-electron chi connectivity index (χ2n) is 6.34. The molecule has 0 saturated carbocycles. The van der Waals surface area contributed by atoms with Crippen molar-refractivity contribution in [2.24, 2.45) is 0 Å². The average Bonchev–Trinajstić information content (AvgIpc) is 2.66. The fourth-order valence-electron chi connectivity index (χ4n) is 2.36. The molecule has 1 unspecified atom stereocenters. The zero-order valence-corrected chi connectivity index (χ0v) is 19.0. The number of carbonyl (C=O) groups excluding carboxylic acids is 2. The van der Waals surface area contributed by atoms with Crippen LogP contribution in [0, 0.1) is 0 Å². The molecule has 0 aliphatic heterocycles. The van der Waals surface area contributed by atoms with Crippen molar-refractivity contribution in [2.75, 3.05) is 26.1 Å². The van der Waals surface area contributed by atoms with Crippen molar-refractivity contribution in [1.82, 2.24) is 9.99 Å². The largest absolute Gasteiger partial charge is 0.460 e. The Hall–Kier alpha value is -1.53. The van der Waals surface area contributed by atoms with Gasteiger partial charge in [-0.3, -0.25) is 4.79 Å². The minimum atomic E-state index is -3.51. The van der Waals surface area contributed by atoms with Crippen LogP contribution in [0.3, 0.4) is 0 Å². The highest BCUT2D eigenvalue weighted by molar-refractivity contribution is 7.83. The Morgan fingerprint density at radius 1 is 1.31 bits per heavy atom. The molecule has 0 bridgehead atoms. The molecular weight excluding hydrogens is 438 g/mol. The first-order chi connectivity index (χ1) is 13.7. The van der Waals surface area contributed by atoms with E-state index in [-0.39, 0.29) is 18.9 Å². The van der Waals surface area contributed by atoms with Crippen LogP contribution in [0.25, 0.3) is 0 Å². The lowest BCUT2D eigenvalue weighted by Crippen LogP contribution is -2.42. The van der Waals surface area contributed by atoms with Gasteiger partial charge in [-0.25, -0.2) is 14.0 Å². The summed E-state index contributed by atoms with van der Waals surface area (Å²) in [5.74, 6) is -0.0276. The maximum atomic E-state index is 12.6. The molecule has 0 saturated heterocycles. The number of halogens is 2. The van der Waals surface area contributed by atoms with E-state index in [1.54, 1.807) is 31.3 Å². The molecular formula is C19H27Cl2N2O5P. The van der Waals surface area contributed by atoms with Gasteiger partial charge < -0.3 is 14.6 Å². The lowest BCUT2D eigenvalue weighted by molar-refractivity contribution is -0.146. The van der Waals surface area contributed by atoms with Crippen molar-refractivity contribution in [3.05, 3.63) is 42.5 Å². The predicted molar refractivity (Wildman–Crippen MR) is 116 cm³/mol. The highest BCUT2D eigenvalue weighted by Gasteiger charge is 2.27. The first kappa shape index (κ1) is 25.5. The van der Waals surface area contributed by atoms with Gasteiger partial charge >= 0.3 is 12.8 Å². The van der Waals surface area contributed by atoms with Crippen molar-refractivity contribution in [3.8, 4) is 5.75 Å². The van der Waals surface area contributed by atoms with Crippen molar-refractivity contribution in [3.63, 3.8) is 0 Å². The van der Waals surface area contributed by atoms with Gasteiger partial charge in [-0.15, -0.1) is 11.6 Å². The van der Waals surface area contributed by atoms with Gasteiger partial charge in [-0.2, -0.15) is 0 Å². The van der Waals surface area contributed by atoms with Gasteiger partial charge in [0.2, 0.25) is 5.91 Å². The van der Waals surface area contributed by atoms with E-state index in [2.05, 4.69) is 11.9 Å². The van der Waals surface area contributed by atoms with Gasteiger partial charge in [0, 0.05) is 37.0 Å². The van der Waals surface area contributed by atoms with Crippen LogP contribution < -0.4 is 9.84 Å². The van der Waals surface area contributed by atoms with Crippen LogP contribution in [0.1, 0.15) is 25.3 Å². The average molecular weight is 465 g/mol. The Morgan fingerprint density at radius 3 is 2.52 bits per heavy atom. The van der Waals surface area contributed by atoms with E-state index in [4.69, 9.17) is 32.1 Å². The smallest absolute Gasteiger partial charge is 0.411 e. The van der Waals surface area contributed by atoms with Crippen LogP contribution in [0.4, 0.5) is 0 Å². The summed E-state index contributed by atoms with van der Waals surface area (Å²) < 4.78 is 24.5. The van der Waals surface area contributed by atoms with Gasteiger partial charge in [0.15, 0.2) is 0 Å². The van der Waals surface area contributed by atoms with Crippen LogP contribution >= 0.6 is 29.7 Å². The topological polar surface area (TPSA) is 84.9 Å². The van der Waals surface area contributed by atoms with Gasteiger partial charge in [0.25, 0.3) is 0 Å². The van der Waals surface area contributed by atoms with E-state index in [0.717, 1.165) is 18.4 Å². The highest BCUT2D eigenvalue weighted by atomic mass is 35.7. The Kier molecular flexibility index (Phi) is 11.4. The highest BCUT2D eigenvalue weighted by Crippen LogP contribution is 2.54. The maximum Gasteiger partial charge on any atom is 0.411 e. The first-order valence-electron chi connectivity index (χ1n) is 9.10. The molecule has 0 radical (unpaired) electrons. The molecule has 0 aliphatic carbocycles. The lowest BCUT2D eigenvalue weighted by atomic mass is 10.1. The zero-order valence-electron chi connectivity index (χ0n) is 16.6. The maximum absolute atomic E-state index is 12.6. The Bertz CT molecular complexity index is 730. The quantitative estimate of drug-likeness (QED) is 0.155. The van der Waals surface area contributed by atoms with Crippen LogP contribution in [0.15, 0.2) is 36.9 Å². The van der Waals surface area contributed by atoms with Gasteiger partial charge in [-0.05, 0) is 37.6 Å². The summed E-state index contributed by atoms with van der Waals surface area (Å²) in [5, 5.41) is 2.57. The van der Waals surface area contributed by atoms with E-state index in [1.165, 1.54) is 17.7 Å². The number of nitrogens with zero attached hydrogens (tertiary/aromatic N) is 1. The molecule has 162 valence electrons. The molecule has 1 amide bonds. The first-order valence-corrected chi connectivity index (χ1v) is 12.1. The van der Waals surface area contributed by atoms with E-state index in [9.17, 15) is 14.2 Å². The van der Waals surface area contributed by atoms with Crippen LogP contribution in [-0.4, -0.2) is 48.7 Å². The molecule has 0 spiro atoms. The normalized spacial score (nSPS) is 14.0. The summed E-state index contributed by atoms with van der Waals surface area (Å²) in [6, 6.07) is 5.80. The lowest BCUT2D eigenvalue weighted by Gasteiger charge is -2.22. The third kappa shape index (κ3) is 9.68. The second kappa shape index (κ2) is 12.9. The van der Waals surface area contributed by atoms with Crippen molar-refractivity contribution >= 4 is 41.6 Å². The molecule has 0 aliphatic rings. The van der Waals surface area contributed by atoms with Crippen LogP contribution in [0.5, 0.6) is 5.75 Å². The van der Waals surface area contributed by atoms with Crippen LogP contribution in [-0.2, 0) is 25.3 Å². The Balaban J connectivity index is 2.75. The number of nitrogens with one attached hydrogen (secondary N) is 1. The minimum absolute atomic E-state index is 0.0606. The van der Waals surface area contributed by atoms with E-state index in [1.807, 2.05) is 0 Å². The number of alkyl halides is 1. The van der Waals surface area contributed by atoms with Gasteiger partial charge in [0.1, 0.15) is 18.4 Å². The fourth-order valence-corrected chi connectivity index (χ4v) is 3.91. The summed E-state index contributed by atoms with van der Waals surface area (Å²) in [6.45, 7) is 1.86. The summed E-state index contributed by atoms with van der Waals surface area (Å²) >= 11 is 11.7. The summed E-state index contributed by atoms with van der Waals surface area (Å²) in [7, 11) is 1.63. The number of unbranched alkanes of at least 4 members (excludes halogenated alkanes) is 1. The number of rotatable bonds is 13. The van der Waals surface area contributed by atoms with Gasteiger partial charge in [0.05, 0.1) is 0 Å². The SMILES string of the molecule is C=CCOC(=O)[C@H](Cc1ccc(OP(=O)(Cl)N(C)CCCCCl)cc1)NC(C)=O. The van der Waals surface area contributed by atoms with Crippen molar-refractivity contribution < 1.29 is 23.4 Å². The minimum Gasteiger partial charge on any atom is -0.460 e. The van der Waals surface area contributed by atoms with E-state index < -0.39 is 18.9 Å². The van der Waals surface area contributed by atoms with E-state index >= 15 is 0 Å². The number of amides is 1. The molecule has 1 rings (SSSR count). The van der Waals surface area contributed by atoms with Crippen molar-refractivity contribution in [2.45, 2.75) is 32.2 Å². The monoisotopic (exact) mass is 464 g/mol. The third-order valence-electron chi connectivity index (χ3n) is 3.86. The fraction of sp³-hybridized carbons (Fsp3) is 0.474. The molecule has 1 aromatic rings. The molecule has 0 aromatic heterocycles.